The summed E-state index contributed by atoms with van der Waals surface area (Å²) in [4.78, 5) is 11.7. The highest BCUT2D eigenvalue weighted by Crippen LogP contribution is 2.63. The summed E-state index contributed by atoms with van der Waals surface area (Å²) in [7, 11) is 0. The number of carbonyl (C=O) groups is 1. The molecule has 2 aliphatic rings. The Morgan fingerprint density at radius 3 is 2.25 bits per heavy atom. The number of aliphatic hydroxyl groups excluding tert-OH is 1. The van der Waals surface area contributed by atoms with Crippen LogP contribution in [0.1, 0.15) is 33.6 Å². The molecule has 1 N–H and O–H groups in total. The van der Waals surface area contributed by atoms with Crippen molar-refractivity contribution < 1.29 is 9.90 Å². The van der Waals surface area contributed by atoms with Gasteiger partial charge in [-0.2, -0.15) is 0 Å². The van der Waals surface area contributed by atoms with Gasteiger partial charge in [-0.15, -0.1) is 0 Å². The topological polar surface area (TPSA) is 37.3 Å². The van der Waals surface area contributed by atoms with E-state index in [1.54, 1.807) is 0 Å². The van der Waals surface area contributed by atoms with Gasteiger partial charge >= 0.3 is 0 Å². The van der Waals surface area contributed by atoms with Gasteiger partial charge in [-0.05, 0) is 24.2 Å². The van der Waals surface area contributed by atoms with Crippen molar-refractivity contribution in [3.05, 3.63) is 0 Å². The van der Waals surface area contributed by atoms with Crippen LogP contribution in [0.15, 0.2) is 0 Å². The van der Waals surface area contributed by atoms with Gasteiger partial charge in [-0.1, -0.05) is 20.8 Å². The Morgan fingerprint density at radius 2 is 2.00 bits per heavy atom. The summed E-state index contributed by atoms with van der Waals surface area (Å²) < 4.78 is 0. The lowest BCUT2D eigenvalue weighted by Crippen LogP contribution is -2.34. The van der Waals surface area contributed by atoms with Gasteiger partial charge in [0.2, 0.25) is 0 Å². The molecule has 2 saturated carbocycles. The molecule has 2 aliphatic carbocycles. The van der Waals surface area contributed by atoms with E-state index in [0.29, 0.717) is 0 Å². The van der Waals surface area contributed by atoms with Crippen molar-refractivity contribution in [1.29, 1.82) is 0 Å². The van der Waals surface area contributed by atoms with Crippen molar-refractivity contribution in [2.24, 2.45) is 16.7 Å². The SMILES string of the molecule is CC1(C)[C@@H]2CC[C@]1(C)C(=O)[C@H]2O. The highest BCUT2D eigenvalue weighted by molar-refractivity contribution is 5.93. The Hall–Kier alpha value is -0.370. The van der Waals surface area contributed by atoms with E-state index in [-0.39, 0.29) is 22.5 Å². The molecular weight excluding hydrogens is 152 g/mol. The van der Waals surface area contributed by atoms with Gasteiger partial charge in [0.1, 0.15) is 6.10 Å². The zero-order valence-corrected chi connectivity index (χ0v) is 7.92. The van der Waals surface area contributed by atoms with E-state index >= 15 is 0 Å². The summed E-state index contributed by atoms with van der Waals surface area (Å²) in [5.41, 5.74) is -0.249. The van der Waals surface area contributed by atoms with Crippen LogP contribution in [0, 0.1) is 16.7 Å². The van der Waals surface area contributed by atoms with Crippen LogP contribution in [0.4, 0.5) is 0 Å². The summed E-state index contributed by atoms with van der Waals surface area (Å²) in [5, 5.41) is 9.64. The fraction of sp³-hybridized carbons (Fsp3) is 0.900. The van der Waals surface area contributed by atoms with E-state index in [2.05, 4.69) is 13.8 Å². The van der Waals surface area contributed by atoms with Gasteiger partial charge in [0, 0.05) is 5.41 Å². The lowest BCUT2D eigenvalue weighted by Gasteiger charge is -2.31. The Bertz CT molecular complexity index is 244. The molecule has 2 fully saturated rings. The average Bonchev–Trinajstić information content (AvgIpc) is 2.26. The number of fused-ring (bicyclic) bond motifs is 2. The van der Waals surface area contributed by atoms with E-state index < -0.39 is 6.10 Å². The third-order valence-electron chi connectivity index (χ3n) is 4.50. The molecule has 0 aromatic rings. The number of Topliss-reactive ketones (excluding diaryl/α,β-unsaturated/α-hetero) is 1. The van der Waals surface area contributed by atoms with E-state index in [9.17, 15) is 9.90 Å². The fourth-order valence-corrected chi connectivity index (χ4v) is 3.04. The number of carbonyl (C=O) groups excluding carboxylic acids is 1. The summed E-state index contributed by atoms with van der Waals surface area (Å²) >= 11 is 0. The van der Waals surface area contributed by atoms with Gasteiger partial charge in [-0.3, -0.25) is 4.79 Å². The first-order valence-electron chi connectivity index (χ1n) is 4.63. The normalized spacial score (nSPS) is 50.2. The molecule has 0 unspecified atom stereocenters. The van der Waals surface area contributed by atoms with Gasteiger partial charge < -0.3 is 5.11 Å². The maximum absolute atomic E-state index is 11.7. The van der Waals surface area contributed by atoms with Crippen molar-refractivity contribution >= 4 is 5.78 Å². The molecule has 0 saturated heterocycles. The number of hydrogen-bond acceptors (Lipinski definition) is 2. The number of aliphatic hydroxyl groups is 1. The second-order valence-electron chi connectivity index (χ2n) is 5.01. The van der Waals surface area contributed by atoms with Gasteiger partial charge in [0.05, 0.1) is 0 Å². The zero-order chi connectivity index (χ0) is 9.15. The molecule has 0 radical (unpaired) electrons. The first kappa shape index (κ1) is 8.24. The van der Waals surface area contributed by atoms with Crippen LogP contribution in [0.25, 0.3) is 0 Å². The summed E-state index contributed by atoms with van der Waals surface area (Å²) in [6, 6.07) is 0. The van der Waals surface area contributed by atoms with Crippen LogP contribution in [0.2, 0.25) is 0 Å². The molecule has 0 amide bonds. The number of hydrogen-bond donors (Lipinski definition) is 1. The van der Waals surface area contributed by atoms with Gasteiger partial charge in [-0.25, -0.2) is 0 Å². The van der Waals surface area contributed by atoms with Crippen molar-refractivity contribution in [3.8, 4) is 0 Å². The lowest BCUT2D eigenvalue weighted by atomic mass is 9.70. The highest BCUT2D eigenvalue weighted by Gasteiger charge is 2.65. The molecule has 0 aliphatic heterocycles. The van der Waals surface area contributed by atoms with Crippen LogP contribution in [-0.2, 0) is 4.79 Å². The Labute approximate surface area is 73.0 Å². The first-order valence-corrected chi connectivity index (χ1v) is 4.63. The van der Waals surface area contributed by atoms with E-state index in [1.165, 1.54) is 0 Å². The number of rotatable bonds is 0. The van der Waals surface area contributed by atoms with Gasteiger partial charge in [0.25, 0.3) is 0 Å². The van der Waals surface area contributed by atoms with Crippen LogP contribution in [0.3, 0.4) is 0 Å². The number of ketones is 1. The fourth-order valence-electron chi connectivity index (χ4n) is 3.04. The third-order valence-corrected chi connectivity index (χ3v) is 4.50. The molecule has 68 valence electrons. The molecule has 0 spiro atoms. The lowest BCUT2D eigenvalue weighted by molar-refractivity contribution is -0.135. The summed E-state index contributed by atoms with van der Waals surface area (Å²) in [5.74, 6) is 0.277. The molecule has 12 heavy (non-hydrogen) atoms. The average molecular weight is 168 g/mol. The molecule has 2 bridgehead atoms. The Balaban J connectivity index is 2.50. The van der Waals surface area contributed by atoms with Crippen LogP contribution in [0.5, 0.6) is 0 Å². The smallest absolute Gasteiger partial charge is 0.167 e. The van der Waals surface area contributed by atoms with Crippen LogP contribution >= 0.6 is 0 Å². The van der Waals surface area contributed by atoms with Gasteiger partial charge in [0.15, 0.2) is 5.78 Å². The zero-order valence-electron chi connectivity index (χ0n) is 7.92. The standard InChI is InChI=1S/C10H16O2/c1-9(2)6-4-5-10(9,3)8(12)7(6)11/h6-7,11H,4-5H2,1-3H3/t6-,7+,10-/m1/s1. The minimum atomic E-state index is -0.682. The predicted molar refractivity (Wildman–Crippen MR) is 45.6 cm³/mol. The largest absolute Gasteiger partial charge is 0.385 e. The monoisotopic (exact) mass is 168 g/mol. The van der Waals surface area contributed by atoms with Crippen molar-refractivity contribution in [2.45, 2.75) is 39.7 Å². The van der Waals surface area contributed by atoms with E-state index in [0.717, 1.165) is 12.8 Å². The van der Waals surface area contributed by atoms with E-state index in [4.69, 9.17) is 0 Å². The van der Waals surface area contributed by atoms with Crippen LogP contribution in [-0.4, -0.2) is 17.0 Å². The molecule has 2 nitrogen and oxygen atoms in total. The van der Waals surface area contributed by atoms with Crippen LogP contribution < -0.4 is 0 Å². The van der Waals surface area contributed by atoms with E-state index in [1.807, 2.05) is 6.92 Å². The Kier molecular flexibility index (Phi) is 1.32. The quantitative estimate of drug-likeness (QED) is 0.593. The Morgan fingerprint density at radius 1 is 1.42 bits per heavy atom. The summed E-state index contributed by atoms with van der Waals surface area (Å²) in [6.07, 6.45) is 1.29. The maximum Gasteiger partial charge on any atom is 0.167 e. The summed E-state index contributed by atoms with van der Waals surface area (Å²) in [6.45, 7) is 6.23. The first-order chi connectivity index (χ1) is 5.41. The van der Waals surface area contributed by atoms with Crippen molar-refractivity contribution in [2.75, 3.05) is 0 Å². The predicted octanol–water partition coefficient (Wildman–Crippen LogP) is 1.37. The molecule has 2 heteroatoms. The van der Waals surface area contributed by atoms with Crippen molar-refractivity contribution in [3.63, 3.8) is 0 Å². The molecule has 0 aromatic carbocycles. The van der Waals surface area contributed by atoms with Crippen molar-refractivity contribution in [1.82, 2.24) is 0 Å². The molecule has 0 aromatic heterocycles. The highest BCUT2D eigenvalue weighted by atomic mass is 16.3. The molecular formula is C10H16O2. The maximum atomic E-state index is 11.7. The minimum absolute atomic E-state index is 0.00347. The second-order valence-corrected chi connectivity index (χ2v) is 5.01. The molecule has 2 rings (SSSR count). The molecule has 3 atom stereocenters. The molecule has 0 heterocycles. The minimum Gasteiger partial charge on any atom is -0.385 e. The second kappa shape index (κ2) is 1.92. The third kappa shape index (κ3) is 0.598.